The van der Waals surface area contributed by atoms with Crippen molar-refractivity contribution >= 4 is 17.4 Å². The molecule has 1 fully saturated rings. The quantitative estimate of drug-likeness (QED) is 0.712. The summed E-state index contributed by atoms with van der Waals surface area (Å²) >= 11 is 0. The van der Waals surface area contributed by atoms with E-state index in [1.165, 1.54) is 5.56 Å². The molecule has 0 unspecified atom stereocenters. The number of nitrogens with one attached hydrogen (secondary N) is 2. The number of hydrogen-bond donors (Lipinski definition) is 2. The predicted octanol–water partition coefficient (Wildman–Crippen LogP) is 3.24. The normalized spacial score (nSPS) is 19.1. The lowest BCUT2D eigenvalue weighted by Crippen LogP contribution is -2.45. The van der Waals surface area contributed by atoms with E-state index >= 15 is 0 Å². The van der Waals surface area contributed by atoms with Crippen molar-refractivity contribution in [1.82, 2.24) is 14.7 Å². The number of nitrogens with zero attached hydrogens (tertiary/aromatic N) is 2. The molecule has 1 aromatic carbocycles. The molecule has 2 amide bonds. The molecule has 0 bridgehead atoms. The molecule has 1 aliphatic rings. The number of hydrogen-bond acceptors (Lipinski definition) is 4. The van der Waals surface area contributed by atoms with Gasteiger partial charge in [-0.3, -0.25) is 0 Å². The van der Waals surface area contributed by atoms with Gasteiger partial charge in [-0.15, -0.1) is 0 Å². The highest BCUT2D eigenvalue weighted by Gasteiger charge is 2.30. The number of fused-ring (bicyclic) bond motifs is 1. The van der Waals surface area contributed by atoms with Crippen LogP contribution in [0.1, 0.15) is 12.5 Å². The summed E-state index contributed by atoms with van der Waals surface area (Å²) in [6.07, 6.45) is 3.90. The first-order valence-electron chi connectivity index (χ1n) is 9.45. The van der Waals surface area contributed by atoms with Crippen LogP contribution in [0.2, 0.25) is 0 Å². The molecule has 28 heavy (non-hydrogen) atoms. The van der Waals surface area contributed by atoms with Crippen molar-refractivity contribution in [3.8, 4) is 11.3 Å². The lowest BCUT2D eigenvalue weighted by molar-refractivity contribution is 0.0428. The van der Waals surface area contributed by atoms with Crippen molar-refractivity contribution < 1.29 is 14.3 Å². The number of rotatable bonds is 5. The van der Waals surface area contributed by atoms with E-state index in [2.05, 4.69) is 21.7 Å². The van der Waals surface area contributed by atoms with Crippen LogP contribution >= 0.6 is 0 Å². The van der Waals surface area contributed by atoms with E-state index in [-0.39, 0.29) is 18.2 Å². The SMILES string of the molecule is CCO[C@@H]1COC[C@H]1NC(=O)Nc1ccc(-c2cn3ccc(C)cc3n2)cc1. The third-order valence-electron chi connectivity index (χ3n) is 4.78. The second-order valence-electron chi connectivity index (χ2n) is 6.91. The van der Waals surface area contributed by atoms with Gasteiger partial charge in [0, 0.05) is 30.3 Å². The number of amides is 2. The molecule has 0 aliphatic carbocycles. The minimum absolute atomic E-state index is 0.100. The molecule has 0 saturated carbocycles. The number of imidazole rings is 1. The van der Waals surface area contributed by atoms with Crippen LogP contribution in [-0.4, -0.2) is 47.4 Å². The molecule has 0 spiro atoms. The van der Waals surface area contributed by atoms with Gasteiger partial charge in [0.15, 0.2) is 0 Å². The molecule has 0 radical (unpaired) electrons. The maximum absolute atomic E-state index is 12.3. The number of benzene rings is 1. The summed E-state index contributed by atoms with van der Waals surface area (Å²) in [5.41, 5.74) is 4.69. The van der Waals surface area contributed by atoms with Crippen molar-refractivity contribution in [2.75, 3.05) is 25.1 Å². The molecule has 2 atom stereocenters. The van der Waals surface area contributed by atoms with Crippen molar-refractivity contribution in [2.24, 2.45) is 0 Å². The van der Waals surface area contributed by atoms with Crippen LogP contribution in [0.5, 0.6) is 0 Å². The van der Waals surface area contributed by atoms with E-state index in [0.717, 1.165) is 16.9 Å². The van der Waals surface area contributed by atoms with Crippen LogP contribution in [0.3, 0.4) is 0 Å². The Balaban J connectivity index is 1.40. The van der Waals surface area contributed by atoms with Gasteiger partial charge in [0.1, 0.15) is 11.8 Å². The topological polar surface area (TPSA) is 76.9 Å². The zero-order chi connectivity index (χ0) is 19.5. The molecule has 4 rings (SSSR count). The van der Waals surface area contributed by atoms with Gasteiger partial charge in [-0.2, -0.15) is 0 Å². The van der Waals surface area contributed by atoms with Gasteiger partial charge in [-0.1, -0.05) is 12.1 Å². The van der Waals surface area contributed by atoms with Crippen molar-refractivity contribution in [2.45, 2.75) is 26.0 Å². The Morgan fingerprint density at radius 3 is 2.89 bits per heavy atom. The van der Waals surface area contributed by atoms with Crippen LogP contribution in [-0.2, 0) is 9.47 Å². The van der Waals surface area contributed by atoms with E-state index in [1.807, 2.05) is 61.0 Å². The van der Waals surface area contributed by atoms with Crippen molar-refractivity contribution in [3.63, 3.8) is 0 Å². The Labute approximate surface area is 163 Å². The van der Waals surface area contributed by atoms with Crippen LogP contribution < -0.4 is 10.6 Å². The van der Waals surface area contributed by atoms with E-state index < -0.39 is 0 Å². The van der Waals surface area contributed by atoms with Crippen LogP contribution in [0, 0.1) is 6.92 Å². The summed E-state index contributed by atoms with van der Waals surface area (Å²) in [7, 11) is 0. The van der Waals surface area contributed by atoms with E-state index in [9.17, 15) is 4.79 Å². The smallest absolute Gasteiger partial charge is 0.319 e. The maximum atomic E-state index is 12.3. The molecule has 146 valence electrons. The lowest BCUT2D eigenvalue weighted by Gasteiger charge is -2.19. The van der Waals surface area contributed by atoms with Gasteiger partial charge in [-0.05, 0) is 43.7 Å². The van der Waals surface area contributed by atoms with E-state index in [1.54, 1.807) is 0 Å². The lowest BCUT2D eigenvalue weighted by atomic mass is 10.1. The van der Waals surface area contributed by atoms with Crippen LogP contribution in [0.15, 0.2) is 48.8 Å². The summed E-state index contributed by atoms with van der Waals surface area (Å²) in [6, 6.07) is 11.3. The number of ether oxygens (including phenoxy) is 2. The Hall–Kier alpha value is -2.90. The van der Waals surface area contributed by atoms with Gasteiger partial charge in [-0.25, -0.2) is 9.78 Å². The fourth-order valence-corrected chi connectivity index (χ4v) is 3.33. The van der Waals surface area contributed by atoms with E-state index in [0.29, 0.717) is 25.5 Å². The summed E-state index contributed by atoms with van der Waals surface area (Å²) < 4.78 is 13.0. The highest BCUT2D eigenvalue weighted by molar-refractivity contribution is 5.89. The minimum Gasteiger partial charge on any atom is -0.376 e. The molecule has 2 aromatic heterocycles. The molecule has 7 nitrogen and oxygen atoms in total. The van der Waals surface area contributed by atoms with Crippen LogP contribution in [0.25, 0.3) is 16.9 Å². The second-order valence-corrected chi connectivity index (χ2v) is 6.91. The fraction of sp³-hybridized carbons (Fsp3) is 0.333. The second kappa shape index (κ2) is 8.00. The Kier molecular flexibility index (Phi) is 5.27. The zero-order valence-corrected chi connectivity index (χ0v) is 16.0. The standard InChI is InChI=1S/C21H24N4O3/c1-3-28-19-13-27-12-18(19)24-21(26)22-16-6-4-15(5-7-16)17-11-25-9-8-14(2)10-20(25)23-17/h4-11,18-19H,3,12-13H2,1-2H3,(H2,22,24,26)/t18-,19-/m1/s1. The number of aromatic nitrogens is 2. The van der Waals surface area contributed by atoms with E-state index in [4.69, 9.17) is 9.47 Å². The van der Waals surface area contributed by atoms with Crippen molar-refractivity contribution in [3.05, 3.63) is 54.4 Å². The number of aryl methyl sites for hydroxylation is 1. The van der Waals surface area contributed by atoms with Gasteiger partial charge in [0.2, 0.25) is 0 Å². The number of carbonyl (C=O) groups is 1. The number of anilines is 1. The summed E-state index contributed by atoms with van der Waals surface area (Å²) in [6.45, 7) is 5.55. The molecule has 1 aliphatic heterocycles. The fourth-order valence-electron chi connectivity index (χ4n) is 3.33. The average Bonchev–Trinajstić information content (AvgIpc) is 3.29. The zero-order valence-electron chi connectivity index (χ0n) is 16.0. The highest BCUT2D eigenvalue weighted by Crippen LogP contribution is 2.22. The first kappa shape index (κ1) is 18.5. The van der Waals surface area contributed by atoms with Gasteiger partial charge < -0.3 is 24.5 Å². The monoisotopic (exact) mass is 380 g/mol. The molecule has 1 saturated heterocycles. The summed E-state index contributed by atoms with van der Waals surface area (Å²) in [5.74, 6) is 0. The molecular formula is C21H24N4O3. The summed E-state index contributed by atoms with van der Waals surface area (Å²) in [4.78, 5) is 16.9. The van der Waals surface area contributed by atoms with Crippen LogP contribution in [0.4, 0.5) is 10.5 Å². The Bertz CT molecular complexity index is 967. The largest absolute Gasteiger partial charge is 0.376 e. The van der Waals surface area contributed by atoms with Gasteiger partial charge in [0.05, 0.1) is 24.9 Å². The molecule has 3 heterocycles. The number of urea groups is 1. The minimum atomic E-state index is -0.267. The molecule has 3 aromatic rings. The van der Waals surface area contributed by atoms with Gasteiger partial charge in [0.25, 0.3) is 0 Å². The summed E-state index contributed by atoms with van der Waals surface area (Å²) in [5, 5.41) is 5.77. The first-order chi connectivity index (χ1) is 13.6. The highest BCUT2D eigenvalue weighted by atomic mass is 16.5. The predicted molar refractivity (Wildman–Crippen MR) is 108 cm³/mol. The third-order valence-corrected chi connectivity index (χ3v) is 4.78. The number of pyridine rings is 1. The van der Waals surface area contributed by atoms with Gasteiger partial charge >= 0.3 is 6.03 Å². The van der Waals surface area contributed by atoms with Crippen molar-refractivity contribution in [1.29, 1.82) is 0 Å². The Morgan fingerprint density at radius 2 is 2.11 bits per heavy atom. The maximum Gasteiger partial charge on any atom is 0.319 e. The number of carbonyl (C=O) groups excluding carboxylic acids is 1. The molecular weight excluding hydrogens is 356 g/mol. The Morgan fingerprint density at radius 1 is 1.29 bits per heavy atom. The first-order valence-corrected chi connectivity index (χ1v) is 9.45. The molecule has 7 heteroatoms. The third kappa shape index (κ3) is 4.00. The molecule has 2 N–H and O–H groups in total. The average molecular weight is 380 g/mol.